The number of hydrazone groups is 1. The molecule has 31 heavy (non-hydrogen) atoms. The average molecular weight is 502 g/mol. The van der Waals surface area contributed by atoms with Crippen molar-refractivity contribution in [3.05, 3.63) is 92.9 Å². The molecule has 3 aromatic rings. The Morgan fingerprint density at radius 2 is 1.84 bits per heavy atom. The minimum absolute atomic E-state index is 0.144. The topological polar surface area (TPSA) is 59.9 Å². The van der Waals surface area contributed by atoms with Gasteiger partial charge in [0.1, 0.15) is 6.61 Å². The first-order valence-corrected chi connectivity index (χ1v) is 10.8. The maximum atomic E-state index is 12.0. The Labute approximate surface area is 195 Å². The van der Waals surface area contributed by atoms with Gasteiger partial charge < -0.3 is 9.47 Å². The number of carbonyl (C=O) groups excluding carboxylic acids is 1. The second kappa shape index (κ2) is 11.5. The predicted molar refractivity (Wildman–Crippen MR) is 127 cm³/mol. The summed E-state index contributed by atoms with van der Waals surface area (Å²) in [4.78, 5) is 12.0. The zero-order valence-electron chi connectivity index (χ0n) is 17.0. The van der Waals surface area contributed by atoms with Crippen LogP contribution in [0.5, 0.6) is 11.5 Å². The molecular weight excluding hydrogens is 480 g/mol. The van der Waals surface area contributed by atoms with Crippen molar-refractivity contribution in [3.63, 3.8) is 0 Å². The average Bonchev–Trinajstić information content (AvgIpc) is 2.78. The number of aryl methyl sites for hydroxylation is 1. The number of amides is 1. The van der Waals surface area contributed by atoms with E-state index >= 15 is 0 Å². The van der Waals surface area contributed by atoms with Gasteiger partial charge in [0.15, 0.2) is 11.5 Å². The SMILES string of the molecule is COc1cc(/C=N\NC(=O)CCc2ccccc2)cc(Br)c1OCc1ccc(Cl)cc1. The molecule has 7 heteroatoms. The van der Waals surface area contributed by atoms with E-state index in [2.05, 4.69) is 26.5 Å². The standard InChI is InChI=1S/C24H22BrClN2O3/c1-30-22-14-19(15-27-28-23(29)12-9-17-5-3-2-4-6-17)13-21(25)24(22)31-16-18-7-10-20(26)11-8-18/h2-8,10-11,13-15H,9,12,16H2,1H3,(H,28,29)/b27-15-. The van der Waals surface area contributed by atoms with Gasteiger partial charge in [-0.3, -0.25) is 4.79 Å². The fourth-order valence-electron chi connectivity index (χ4n) is 2.83. The fourth-order valence-corrected chi connectivity index (χ4v) is 3.53. The summed E-state index contributed by atoms with van der Waals surface area (Å²) in [6.07, 6.45) is 2.60. The van der Waals surface area contributed by atoms with Crippen molar-refractivity contribution in [2.75, 3.05) is 7.11 Å². The third-order valence-electron chi connectivity index (χ3n) is 4.43. The van der Waals surface area contributed by atoms with Crippen LogP contribution in [0.4, 0.5) is 0 Å². The minimum Gasteiger partial charge on any atom is -0.493 e. The largest absolute Gasteiger partial charge is 0.493 e. The summed E-state index contributed by atoms with van der Waals surface area (Å²) in [6, 6.07) is 21.0. The van der Waals surface area contributed by atoms with Gasteiger partial charge in [-0.15, -0.1) is 0 Å². The molecule has 0 fully saturated rings. The van der Waals surface area contributed by atoms with E-state index in [4.69, 9.17) is 21.1 Å². The quantitative estimate of drug-likeness (QED) is 0.299. The molecule has 3 rings (SSSR count). The summed E-state index contributed by atoms with van der Waals surface area (Å²) in [5, 5.41) is 4.73. The number of methoxy groups -OCH3 is 1. The van der Waals surface area contributed by atoms with Gasteiger partial charge in [0.2, 0.25) is 5.91 Å². The summed E-state index contributed by atoms with van der Waals surface area (Å²) >= 11 is 9.44. The molecule has 0 atom stereocenters. The molecule has 0 spiro atoms. The molecule has 0 radical (unpaired) electrons. The van der Waals surface area contributed by atoms with Crippen LogP contribution in [0.2, 0.25) is 5.02 Å². The number of hydrogen-bond acceptors (Lipinski definition) is 4. The van der Waals surface area contributed by atoms with Gasteiger partial charge in [0, 0.05) is 11.4 Å². The Bertz CT molecular complexity index is 1040. The molecule has 1 N–H and O–H groups in total. The number of ether oxygens (including phenoxy) is 2. The molecule has 0 aliphatic heterocycles. The van der Waals surface area contributed by atoms with Gasteiger partial charge in [-0.2, -0.15) is 5.10 Å². The van der Waals surface area contributed by atoms with E-state index in [-0.39, 0.29) is 5.91 Å². The Morgan fingerprint density at radius 1 is 1.10 bits per heavy atom. The lowest BCUT2D eigenvalue weighted by Gasteiger charge is -2.13. The summed E-state index contributed by atoms with van der Waals surface area (Å²) in [5.41, 5.74) is 5.42. The molecule has 0 unspecified atom stereocenters. The maximum Gasteiger partial charge on any atom is 0.240 e. The number of hydrogen-bond donors (Lipinski definition) is 1. The lowest BCUT2D eigenvalue weighted by atomic mass is 10.1. The summed E-state index contributed by atoms with van der Waals surface area (Å²) in [7, 11) is 1.57. The van der Waals surface area contributed by atoms with Crippen LogP contribution >= 0.6 is 27.5 Å². The van der Waals surface area contributed by atoms with E-state index in [1.54, 1.807) is 19.4 Å². The van der Waals surface area contributed by atoms with Crippen LogP contribution in [0.25, 0.3) is 0 Å². The van der Waals surface area contributed by atoms with Crippen LogP contribution < -0.4 is 14.9 Å². The lowest BCUT2D eigenvalue weighted by molar-refractivity contribution is -0.121. The Morgan fingerprint density at radius 3 is 2.55 bits per heavy atom. The summed E-state index contributed by atoms with van der Waals surface area (Å²) < 4.78 is 12.1. The van der Waals surface area contributed by atoms with Gasteiger partial charge in [0.25, 0.3) is 0 Å². The van der Waals surface area contributed by atoms with Crippen LogP contribution in [0.1, 0.15) is 23.1 Å². The van der Waals surface area contributed by atoms with E-state index < -0.39 is 0 Å². The van der Waals surface area contributed by atoms with Gasteiger partial charge >= 0.3 is 0 Å². The minimum atomic E-state index is -0.144. The maximum absolute atomic E-state index is 12.0. The summed E-state index contributed by atoms with van der Waals surface area (Å²) in [6.45, 7) is 0.372. The zero-order chi connectivity index (χ0) is 22.1. The number of benzene rings is 3. The van der Waals surface area contributed by atoms with E-state index in [0.29, 0.717) is 36.0 Å². The second-order valence-corrected chi connectivity index (χ2v) is 8.02. The fraction of sp³-hybridized carbons (Fsp3) is 0.167. The molecule has 160 valence electrons. The third kappa shape index (κ3) is 7.12. The van der Waals surface area contributed by atoms with Crippen molar-refractivity contribution in [1.29, 1.82) is 0 Å². The van der Waals surface area contributed by atoms with Crippen LogP contribution in [0.15, 0.2) is 76.3 Å². The molecule has 0 saturated carbocycles. The van der Waals surface area contributed by atoms with Gasteiger partial charge in [-0.1, -0.05) is 54.1 Å². The molecule has 0 aliphatic rings. The van der Waals surface area contributed by atoms with Crippen molar-refractivity contribution < 1.29 is 14.3 Å². The molecule has 0 aromatic heterocycles. The van der Waals surface area contributed by atoms with Crippen LogP contribution in [0.3, 0.4) is 0 Å². The number of nitrogens with zero attached hydrogens (tertiary/aromatic N) is 1. The van der Waals surface area contributed by atoms with Crippen molar-refractivity contribution in [2.45, 2.75) is 19.4 Å². The van der Waals surface area contributed by atoms with Crippen LogP contribution in [0, 0.1) is 0 Å². The van der Waals surface area contributed by atoms with Crippen LogP contribution in [-0.4, -0.2) is 19.2 Å². The molecule has 3 aromatic carbocycles. The van der Waals surface area contributed by atoms with Gasteiger partial charge in [0.05, 0.1) is 17.8 Å². The van der Waals surface area contributed by atoms with E-state index in [0.717, 1.165) is 21.2 Å². The highest BCUT2D eigenvalue weighted by atomic mass is 79.9. The molecule has 0 heterocycles. The van der Waals surface area contributed by atoms with E-state index in [1.165, 1.54) is 0 Å². The molecule has 5 nitrogen and oxygen atoms in total. The van der Waals surface area contributed by atoms with E-state index in [9.17, 15) is 4.79 Å². The smallest absolute Gasteiger partial charge is 0.240 e. The zero-order valence-corrected chi connectivity index (χ0v) is 19.3. The molecule has 0 saturated heterocycles. The second-order valence-electron chi connectivity index (χ2n) is 6.73. The molecular formula is C24H22BrClN2O3. The Hall–Kier alpha value is -2.83. The monoisotopic (exact) mass is 500 g/mol. The Kier molecular flexibility index (Phi) is 8.50. The first-order valence-electron chi connectivity index (χ1n) is 9.66. The number of halogens is 2. The number of nitrogens with one attached hydrogen (secondary N) is 1. The molecule has 1 amide bonds. The highest BCUT2D eigenvalue weighted by Crippen LogP contribution is 2.36. The normalized spacial score (nSPS) is 10.8. The Balaban J connectivity index is 1.58. The molecule has 0 bridgehead atoms. The van der Waals surface area contributed by atoms with Crippen molar-refractivity contribution in [1.82, 2.24) is 5.43 Å². The first kappa shape index (κ1) is 22.8. The third-order valence-corrected chi connectivity index (χ3v) is 5.28. The predicted octanol–water partition coefficient (Wildman–Crippen LogP) is 5.77. The van der Waals surface area contributed by atoms with Crippen LogP contribution in [-0.2, 0) is 17.8 Å². The van der Waals surface area contributed by atoms with Crippen molar-refractivity contribution in [2.24, 2.45) is 5.10 Å². The van der Waals surface area contributed by atoms with Crippen molar-refractivity contribution in [3.8, 4) is 11.5 Å². The number of rotatable bonds is 9. The van der Waals surface area contributed by atoms with Gasteiger partial charge in [-0.25, -0.2) is 5.43 Å². The highest BCUT2D eigenvalue weighted by molar-refractivity contribution is 9.10. The van der Waals surface area contributed by atoms with Crippen molar-refractivity contribution >= 4 is 39.7 Å². The molecule has 0 aliphatic carbocycles. The van der Waals surface area contributed by atoms with E-state index in [1.807, 2.05) is 60.7 Å². The first-order chi connectivity index (χ1) is 15.0. The highest BCUT2D eigenvalue weighted by Gasteiger charge is 2.12. The number of carbonyl (C=O) groups is 1. The van der Waals surface area contributed by atoms with Gasteiger partial charge in [-0.05, 0) is 63.3 Å². The lowest BCUT2D eigenvalue weighted by Crippen LogP contribution is -2.17. The summed E-state index contributed by atoms with van der Waals surface area (Å²) in [5.74, 6) is 0.996.